The van der Waals surface area contributed by atoms with Crippen molar-refractivity contribution in [3.63, 3.8) is 0 Å². The van der Waals surface area contributed by atoms with Crippen molar-refractivity contribution in [2.75, 3.05) is 26.8 Å². The van der Waals surface area contributed by atoms with Crippen LogP contribution < -0.4 is 4.74 Å². The number of carbonyl (C=O) groups is 2. The molecular formula is C18H23NO5. The number of aromatic carboxylic acids is 1. The molecule has 3 rings (SSSR count). The van der Waals surface area contributed by atoms with Crippen molar-refractivity contribution in [3.8, 4) is 5.75 Å². The molecule has 1 atom stereocenters. The van der Waals surface area contributed by atoms with Gasteiger partial charge in [-0.15, -0.1) is 0 Å². The second-order valence-corrected chi connectivity index (χ2v) is 6.54. The van der Waals surface area contributed by atoms with Crippen molar-refractivity contribution in [2.45, 2.75) is 37.7 Å². The molecule has 2 fully saturated rings. The molecule has 1 spiro atoms. The van der Waals surface area contributed by atoms with Gasteiger partial charge in [0.25, 0.3) is 5.91 Å². The lowest BCUT2D eigenvalue weighted by Crippen LogP contribution is -2.34. The highest BCUT2D eigenvalue weighted by atomic mass is 16.5. The van der Waals surface area contributed by atoms with Gasteiger partial charge in [0.05, 0.1) is 18.3 Å². The first kappa shape index (κ1) is 16.8. The monoisotopic (exact) mass is 333 g/mol. The number of benzene rings is 1. The standard InChI is InChI=1S/C18H23NO5/c1-23-15-11-13(10-14(12-15)17(21)22)16(20)19-7-2-4-18(6-8-19)5-3-9-24-18/h10-12H,2-9H2,1H3,(H,21,22)/t18-/m1/s1. The van der Waals surface area contributed by atoms with E-state index in [9.17, 15) is 14.7 Å². The van der Waals surface area contributed by atoms with Crippen LogP contribution in [0.2, 0.25) is 0 Å². The molecule has 0 radical (unpaired) electrons. The average Bonchev–Trinajstić information content (AvgIpc) is 2.94. The molecule has 6 heteroatoms. The molecule has 0 aliphatic carbocycles. The van der Waals surface area contributed by atoms with Gasteiger partial charge in [-0.3, -0.25) is 4.79 Å². The van der Waals surface area contributed by atoms with E-state index in [0.717, 1.165) is 38.7 Å². The highest BCUT2D eigenvalue weighted by molar-refractivity contribution is 5.98. The van der Waals surface area contributed by atoms with Crippen LogP contribution in [0, 0.1) is 0 Å². The predicted octanol–water partition coefficient (Wildman–Crippen LogP) is 2.57. The summed E-state index contributed by atoms with van der Waals surface area (Å²) in [5.74, 6) is -0.841. The minimum Gasteiger partial charge on any atom is -0.497 e. The van der Waals surface area contributed by atoms with Crippen LogP contribution in [-0.2, 0) is 4.74 Å². The van der Waals surface area contributed by atoms with Crippen molar-refractivity contribution in [1.82, 2.24) is 4.90 Å². The number of carboxylic acid groups (broad SMARTS) is 1. The maximum Gasteiger partial charge on any atom is 0.335 e. The fraction of sp³-hybridized carbons (Fsp3) is 0.556. The average molecular weight is 333 g/mol. The van der Waals surface area contributed by atoms with E-state index in [4.69, 9.17) is 9.47 Å². The first-order valence-corrected chi connectivity index (χ1v) is 8.39. The summed E-state index contributed by atoms with van der Waals surface area (Å²) in [6.07, 6.45) is 4.88. The molecule has 24 heavy (non-hydrogen) atoms. The maximum atomic E-state index is 12.8. The van der Waals surface area contributed by atoms with Gasteiger partial charge in [-0.2, -0.15) is 0 Å². The summed E-state index contributed by atoms with van der Waals surface area (Å²) in [5, 5.41) is 9.21. The summed E-state index contributed by atoms with van der Waals surface area (Å²) in [6, 6.07) is 4.43. The van der Waals surface area contributed by atoms with Gasteiger partial charge in [0.15, 0.2) is 0 Å². The molecule has 2 aliphatic rings. The minimum absolute atomic E-state index is 0.0584. The third kappa shape index (κ3) is 3.38. The van der Waals surface area contributed by atoms with E-state index < -0.39 is 5.97 Å². The third-order valence-electron chi connectivity index (χ3n) is 5.01. The number of carboxylic acids is 1. The predicted molar refractivity (Wildman–Crippen MR) is 87.6 cm³/mol. The molecule has 2 saturated heterocycles. The van der Waals surface area contributed by atoms with E-state index in [2.05, 4.69) is 0 Å². The number of hydrogen-bond acceptors (Lipinski definition) is 4. The molecule has 130 valence electrons. The van der Waals surface area contributed by atoms with Crippen LogP contribution in [0.4, 0.5) is 0 Å². The molecule has 1 amide bonds. The Kier molecular flexibility index (Phi) is 4.76. The Hall–Kier alpha value is -2.08. The smallest absolute Gasteiger partial charge is 0.335 e. The number of likely N-dealkylation sites (tertiary alicyclic amines) is 1. The van der Waals surface area contributed by atoms with Gasteiger partial charge < -0.3 is 19.5 Å². The van der Waals surface area contributed by atoms with Crippen LogP contribution >= 0.6 is 0 Å². The molecule has 6 nitrogen and oxygen atoms in total. The number of methoxy groups -OCH3 is 1. The maximum absolute atomic E-state index is 12.8. The van der Waals surface area contributed by atoms with E-state index in [0.29, 0.717) is 24.4 Å². The van der Waals surface area contributed by atoms with Gasteiger partial charge in [0.1, 0.15) is 5.75 Å². The van der Waals surface area contributed by atoms with E-state index in [1.54, 1.807) is 11.0 Å². The molecule has 1 aromatic rings. The molecular weight excluding hydrogens is 310 g/mol. The van der Waals surface area contributed by atoms with Crippen LogP contribution in [0.15, 0.2) is 18.2 Å². The Morgan fingerprint density at radius 1 is 1.12 bits per heavy atom. The summed E-state index contributed by atoms with van der Waals surface area (Å²) in [6.45, 7) is 2.12. The van der Waals surface area contributed by atoms with Crippen molar-refractivity contribution >= 4 is 11.9 Å². The largest absolute Gasteiger partial charge is 0.497 e. The third-order valence-corrected chi connectivity index (χ3v) is 5.01. The molecule has 1 aromatic carbocycles. The SMILES string of the molecule is COc1cc(C(=O)O)cc(C(=O)N2CCC[C@@]3(CCCO3)CC2)c1. The minimum atomic E-state index is -1.07. The van der Waals surface area contributed by atoms with Gasteiger partial charge in [-0.1, -0.05) is 0 Å². The van der Waals surface area contributed by atoms with Gasteiger partial charge in [-0.25, -0.2) is 4.79 Å². The lowest BCUT2D eigenvalue weighted by molar-refractivity contribution is -0.00692. The summed E-state index contributed by atoms with van der Waals surface area (Å²) >= 11 is 0. The van der Waals surface area contributed by atoms with Crippen molar-refractivity contribution in [2.24, 2.45) is 0 Å². The highest BCUT2D eigenvalue weighted by Crippen LogP contribution is 2.36. The first-order chi connectivity index (χ1) is 11.5. The number of ether oxygens (including phenoxy) is 2. The normalized spacial score (nSPS) is 24.0. The van der Waals surface area contributed by atoms with Crippen LogP contribution in [0.25, 0.3) is 0 Å². The Morgan fingerprint density at radius 3 is 2.54 bits per heavy atom. The van der Waals surface area contributed by atoms with Crippen LogP contribution in [0.1, 0.15) is 52.8 Å². The molecule has 2 heterocycles. The van der Waals surface area contributed by atoms with E-state index in [-0.39, 0.29) is 17.1 Å². The summed E-state index contributed by atoms with van der Waals surface area (Å²) < 4.78 is 11.1. The van der Waals surface area contributed by atoms with E-state index in [1.807, 2.05) is 0 Å². The summed E-state index contributed by atoms with van der Waals surface area (Å²) in [7, 11) is 1.46. The number of nitrogens with zero attached hydrogens (tertiary/aromatic N) is 1. The first-order valence-electron chi connectivity index (χ1n) is 8.39. The van der Waals surface area contributed by atoms with Crippen LogP contribution in [0.3, 0.4) is 0 Å². The van der Waals surface area contributed by atoms with E-state index in [1.165, 1.54) is 19.2 Å². The lowest BCUT2D eigenvalue weighted by Gasteiger charge is -2.27. The fourth-order valence-electron chi connectivity index (χ4n) is 3.67. The lowest BCUT2D eigenvalue weighted by atomic mass is 9.92. The van der Waals surface area contributed by atoms with Gasteiger partial charge in [0.2, 0.25) is 0 Å². The van der Waals surface area contributed by atoms with Crippen molar-refractivity contribution in [1.29, 1.82) is 0 Å². The second-order valence-electron chi connectivity index (χ2n) is 6.54. The Balaban J connectivity index is 1.78. The number of amides is 1. The molecule has 0 unspecified atom stereocenters. The second kappa shape index (κ2) is 6.81. The Labute approximate surface area is 141 Å². The fourth-order valence-corrected chi connectivity index (χ4v) is 3.67. The number of rotatable bonds is 3. The molecule has 0 bridgehead atoms. The Morgan fingerprint density at radius 2 is 1.88 bits per heavy atom. The van der Waals surface area contributed by atoms with Crippen molar-refractivity contribution < 1.29 is 24.2 Å². The van der Waals surface area contributed by atoms with E-state index >= 15 is 0 Å². The molecule has 0 aromatic heterocycles. The zero-order valence-electron chi connectivity index (χ0n) is 13.9. The number of hydrogen-bond donors (Lipinski definition) is 1. The molecule has 0 saturated carbocycles. The Bertz CT molecular complexity index is 636. The van der Waals surface area contributed by atoms with Gasteiger partial charge in [0, 0.05) is 25.3 Å². The van der Waals surface area contributed by atoms with Crippen LogP contribution in [-0.4, -0.2) is 54.3 Å². The topological polar surface area (TPSA) is 76.1 Å². The molecule has 1 N–H and O–H groups in total. The van der Waals surface area contributed by atoms with Gasteiger partial charge in [-0.05, 0) is 50.3 Å². The van der Waals surface area contributed by atoms with Gasteiger partial charge >= 0.3 is 5.97 Å². The summed E-state index contributed by atoms with van der Waals surface area (Å²) in [4.78, 5) is 25.9. The number of carbonyl (C=O) groups excluding carboxylic acids is 1. The summed E-state index contributed by atoms with van der Waals surface area (Å²) in [5.41, 5.74) is 0.355. The zero-order valence-corrected chi connectivity index (χ0v) is 13.9. The van der Waals surface area contributed by atoms with Crippen molar-refractivity contribution in [3.05, 3.63) is 29.3 Å². The highest BCUT2D eigenvalue weighted by Gasteiger charge is 2.37. The molecule has 2 aliphatic heterocycles. The quantitative estimate of drug-likeness (QED) is 0.920. The van der Waals surface area contributed by atoms with Crippen LogP contribution in [0.5, 0.6) is 5.75 Å². The zero-order chi connectivity index (χ0) is 17.2.